The van der Waals surface area contributed by atoms with E-state index in [0.29, 0.717) is 17.1 Å². The number of unbranched alkanes of at least 4 members (excludes halogenated alkanes) is 3. The molecule has 7 heteroatoms. The van der Waals surface area contributed by atoms with Gasteiger partial charge in [0.1, 0.15) is 11.0 Å². The summed E-state index contributed by atoms with van der Waals surface area (Å²) in [5.41, 5.74) is 4.78. The number of anilines is 1. The van der Waals surface area contributed by atoms with Gasteiger partial charge in [0.25, 0.3) is 5.91 Å². The van der Waals surface area contributed by atoms with Gasteiger partial charge in [-0.2, -0.15) is 0 Å². The molecule has 1 aromatic heterocycles. The quantitative estimate of drug-likeness (QED) is 0.203. The van der Waals surface area contributed by atoms with Crippen LogP contribution in [0.1, 0.15) is 59.7 Å². The van der Waals surface area contributed by atoms with Gasteiger partial charge in [-0.1, -0.05) is 104 Å². The number of aromatic nitrogens is 2. The third-order valence-electron chi connectivity index (χ3n) is 6.36. The molecule has 3 aromatic carbocycles. The molecule has 2 amide bonds. The minimum Gasteiger partial charge on any atom is -0.340 e. The summed E-state index contributed by atoms with van der Waals surface area (Å²) < 4.78 is 0. The molecule has 0 aliphatic carbocycles. The Morgan fingerprint density at radius 1 is 0.868 bits per heavy atom. The first-order valence-electron chi connectivity index (χ1n) is 13.2. The van der Waals surface area contributed by atoms with E-state index < -0.39 is 6.04 Å². The van der Waals surface area contributed by atoms with Gasteiger partial charge in [-0.05, 0) is 49.1 Å². The molecule has 0 unspecified atom stereocenters. The SMILES string of the molecule is CCCCCCc1ccc(C(=O)N[C@@H](Cc2ccccc2)C(=O)Nc2nnc(-c3cccc(C)c3)s2)cc1. The van der Waals surface area contributed by atoms with Crippen molar-refractivity contribution in [1.29, 1.82) is 0 Å². The van der Waals surface area contributed by atoms with E-state index in [-0.39, 0.29) is 11.8 Å². The average Bonchev–Trinajstić information content (AvgIpc) is 3.40. The fourth-order valence-corrected chi connectivity index (χ4v) is 4.98. The molecule has 0 radical (unpaired) electrons. The molecule has 4 rings (SSSR count). The van der Waals surface area contributed by atoms with Crippen LogP contribution in [0.5, 0.6) is 0 Å². The number of nitrogens with one attached hydrogen (secondary N) is 2. The highest BCUT2D eigenvalue weighted by Crippen LogP contribution is 2.27. The van der Waals surface area contributed by atoms with Crippen LogP contribution >= 0.6 is 11.3 Å². The number of rotatable bonds is 12. The number of hydrogen-bond donors (Lipinski definition) is 2. The predicted molar refractivity (Wildman–Crippen MR) is 154 cm³/mol. The molecule has 1 heterocycles. The summed E-state index contributed by atoms with van der Waals surface area (Å²) in [5, 5.41) is 15.3. The minimum absolute atomic E-state index is 0.281. The van der Waals surface area contributed by atoms with Crippen LogP contribution in [0.3, 0.4) is 0 Å². The Hall–Kier alpha value is -3.84. The molecule has 1 atom stereocenters. The Labute approximate surface area is 228 Å². The highest BCUT2D eigenvalue weighted by atomic mass is 32.1. The zero-order chi connectivity index (χ0) is 26.7. The number of nitrogens with zero attached hydrogens (tertiary/aromatic N) is 2. The molecular formula is C31H34N4O2S. The topological polar surface area (TPSA) is 84.0 Å². The first-order chi connectivity index (χ1) is 18.5. The summed E-state index contributed by atoms with van der Waals surface area (Å²) in [6, 6.07) is 24.5. The monoisotopic (exact) mass is 526 g/mol. The Morgan fingerprint density at radius 2 is 1.66 bits per heavy atom. The van der Waals surface area contributed by atoms with E-state index in [2.05, 4.69) is 27.8 Å². The maximum absolute atomic E-state index is 13.3. The number of carbonyl (C=O) groups is 2. The van der Waals surface area contributed by atoms with Gasteiger partial charge >= 0.3 is 0 Å². The average molecular weight is 527 g/mol. The van der Waals surface area contributed by atoms with Gasteiger partial charge in [-0.3, -0.25) is 14.9 Å². The van der Waals surface area contributed by atoms with Gasteiger partial charge in [0.15, 0.2) is 0 Å². The van der Waals surface area contributed by atoms with E-state index in [9.17, 15) is 9.59 Å². The fourth-order valence-electron chi connectivity index (χ4n) is 4.24. The van der Waals surface area contributed by atoms with Crippen molar-refractivity contribution in [1.82, 2.24) is 15.5 Å². The lowest BCUT2D eigenvalue weighted by Gasteiger charge is -2.18. The largest absolute Gasteiger partial charge is 0.340 e. The molecular weight excluding hydrogens is 492 g/mol. The summed E-state index contributed by atoms with van der Waals surface area (Å²) in [6.07, 6.45) is 6.19. The van der Waals surface area contributed by atoms with Gasteiger partial charge in [-0.25, -0.2) is 0 Å². The Kier molecular flexibility index (Phi) is 9.76. The molecule has 6 nitrogen and oxygen atoms in total. The molecule has 196 valence electrons. The Balaban J connectivity index is 1.44. The van der Waals surface area contributed by atoms with E-state index in [1.807, 2.05) is 85.8 Å². The van der Waals surface area contributed by atoms with Gasteiger partial charge in [-0.15, -0.1) is 10.2 Å². The van der Waals surface area contributed by atoms with E-state index in [1.54, 1.807) is 0 Å². The van der Waals surface area contributed by atoms with Gasteiger partial charge in [0.05, 0.1) is 0 Å². The zero-order valence-electron chi connectivity index (χ0n) is 21.9. The normalized spacial score (nSPS) is 11.6. The van der Waals surface area contributed by atoms with Gasteiger partial charge in [0.2, 0.25) is 11.0 Å². The number of hydrogen-bond acceptors (Lipinski definition) is 5. The van der Waals surface area contributed by atoms with Crippen molar-refractivity contribution in [3.05, 3.63) is 101 Å². The molecule has 0 saturated carbocycles. The summed E-state index contributed by atoms with van der Waals surface area (Å²) in [4.78, 5) is 26.4. The minimum atomic E-state index is -0.773. The molecule has 0 spiro atoms. The van der Waals surface area contributed by atoms with Crippen molar-refractivity contribution in [2.45, 2.75) is 58.4 Å². The second-order valence-electron chi connectivity index (χ2n) is 9.49. The highest BCUT2D eigenvalue weighted by Gasteiger charge is 2.23. The van der Waals surface area contributed by atoms with Crippen LogP contribution in [0.15, 0.2) is 78.9 Å². The van der Waals surface area contributed by atoms with E-state index in [1.165, 1.54) is 36.2 Å². The number of amides is 2. The smallest absolute Gasteiger partial charge is 0.251 e. The van der Waals surface area contributed by atoms with E-state index in [4.69, 9.17) is 0 Å². The molecule has 0 aliphatic rings. The third kappa shape index (κ3) is 7.83. The van der Waals surface area contributed by atoms with Crippen molar-refractivity contribution < 1.29 is 9.59 Å². The van der Waals surface area contributed by atoms with Crippen molar-refractivity contribution in [2.75, 3.05) is 5.32 Å². The fraction of sp³-hybridized carbons (Fsp3) is 0.290. The first kappa shape index (κ1) is 27.2. The molecule has 2 N–H and O–H groups in total. The number of benzene rings is 3. The highest BCUT2D eigenvalue weighted by molar-refractivity contribution is 7.18. The van der Waals surface area contributed by atoms with Crippen LogP contribution in [0.25, 0.3) is 10.6 Å². The van der Waals surface area contributed by atoms with Crippen LogP contribution < -0.4 is 10.6 Å². The Bertz CT molecular complexity index is 1340. The maximum Gasteiger partial charge on any atom is 0.251 e. The van der Waals surface area contributed by atoms with E-state index >= 15 is 0 Å². The third-order valence-corrected chi connectivity index (χ3v) is 7.25. The van der Waals surface area contributed by atoms with E-state index in [0.717, 1.165) is 34.5 Å². The van der Waals surface area contributed by atoms with Crippen LogP contribution in [0.4, 0.5) is 5.13 Å². The van der Waals surface area contributed by atoms with Crippen molar-refractivity contribution >= 4 is 28.3 Å². The lowest BCUT2D eigenvalue weighted by molar-refractivity contribution is -0.118. The first-order valence-corrected chi connectivity index (χ1v) is 14.0. The predicted octanol–water partition coefficient (Wildman–Crippen LogP) is 6.62. The molecule has 38 heavy (non-hydrogen) atoms. The number of carbonyl (C=O) groups excluding carboxylic acids is 2. The van der Waals surface area contributed by atoms with Crippen molar-refractivity contribution in [3.63, 3.8) is 0 Å². The zero-order valence-corrected chi connectivity index (χ0v) is 22.8. The standard InChI is InChI=1S/C31H34N4O2S/c1-3-4-5-7-12-23-16-18-25(19-17-23)28(36)32-27(21-24-13-8-6-9-14-24)29(37)33-31-35-34-30(38-31)26-15-10-11-22(2)20-26/h6,8-11,13-20,27H,3-5,7,12,21H2,1-2H3,(H,32,36)(H,33,35,37)/t27-/m0/s1. The van der Waals surface area contributed by atoms with Crippen molar-refractivity contribution in [3.8, 4) is 10.6 Å². The van der Waals surface area contributed by atoms with Crippen LogP contribution in [-0.4, -0.2) is 28.1 Å². The van der Waals surface area contributed by atoms with Gasteiger partial charge < -0.3 is 5.32 Å². The van der Waals surface area contributed by atoms with Crippen LogP contribution in [-0.2, 0) is 17.6 Å². The van der Waals surface area contributed by atoms with Crippen molar-refractivity contribution in [2.24, 2.45) is 0 Å². The molecule has 0 aliphatic heterocycles. The maximum atomic E-state index is 13.3. The second-order valence-corrected chi connectivity index (χ2v) is 10.5. The summed E-state index contributed by atoms with van der Waals surface area (Å²) in [7, 11) is 0. The lowest BCUT2D eigenvalue weighted by atomic mass is 10.0. The molecule has 4 aromatic rings. The Morgan fingerprint density at radius 3 is 2.39 bits per heavy atom. The summed E-state index contributed by atoms with van der Waals surface area (Å²) >= 11 is 1.31. The summed E-state index contributed by atoms with van der Waals surface area (Å²) in [6.45, 7) is 4.22. The molecule has 0 fully saturated rings. The number of aryl methyl sites for hydroxylation is 2. The second kappa shape index (κ2) is 13.6. The summed E-state index contributed by atoms with van der Waals surface area (Å²) in [5.74, 6) is -0.613. The van der Waals surface area contributed by atoms with Gasteiger partial charge in [0, 0.05) is 17.5 Å². The van der Waals surface area contributed by atoms with Crippen LogP contribution in [0.2, 0.25) is 0 Å². The molecule has 0 saturated heterocycles. The van der Waals surface area contributed by atoms with Crippen LogP contribution in [0, 0.1) is 6.92 Å². The molecule has 0 bridgehead atoms. The lowest BCUT2D eigenvalue weighted by Crippen LogP contribution is -2.45.